The van der Waals surface area contributed by atoms with E-state index in [2.05, 4.69) is 13.8 Å². The molecule has 0 heterocycles. The molecule has 1 aromatic rings. The van der Waals surface area contributed by atoms with Gasteiger partial charge in [0.1, 0.15) is 12.4 Å². The number of carbonyl (C=O) groups is 2. The fraction of sp³-hybridized carbons (Fsp3) is 0.849. The summed E-state index contributed by atoms with van der Waals surface area (Å²) in [7, 11) is 1.63. The molecule has 0 aliphatic rings. The van der Waals surface area contributed by atoms with Crippen molar-refractivity contribution in [3.8, 4) is 5.75 Å². The van der Waals surface area contributed by atoms with Crippen LogP contribution in [0.2, 0.25) is 0 Å². The van der Waals surface area contributed by atoms with Crippen LogP contribution in [-0.2, 0) is 30.3 Å². The van der Waals surface area contributed by atoms with E-state index in [0.29, 0.717) is 19.8 Å². The van der Waals surface area contributed by atoms with Crippen LogP contribution < -0.4 is 4.74 Å². The summed E-state index contributed by atoms with van der Waals surface area (Å²) >= 11 is 0. The lowest BCUT2D eigenvalue weighted by Crippen LogP contribution is -2.30. The topological polar surface area (TPSA) is 89.5 Å². The average Bonchev–Trinajstić information content (AvgIpc) is 3.27. The molecule has 0 radical (unpaired) electrons. The van der Waals surface area contributed by atoms with Crippen molar-refractivity contribution in [3.05, 3.63) is 29.8 Å². The zero-order valence-corrected chi connectivity index (χ0v) is 40.1. The van der Waals surface area contributed by atoms with E-state index < -0.39 is 18.4 Å². The molecular weight excluding hydrogens is 765 g/mol. The number of benzene rings is 1. The van der Waals surface area contributed by atoms with Crippen LogP contribution >= 0.6 is 0 Å². The van der Waals surface area contributed by atoms with Gasteiger partial charge in [0.15, 0.2) is 6.10 Å². The molecule has 61 heavy (non-hydrogen) atoms. The highest BCUT2D eigenvalue weighted by Crippen LogP contribution is 2.17. The van der Waals surface area contributed by atoms with Crippen molar-refractivity contribution in [1.82, 2.24) is 0 Å². The number of hydrogen-bond donors (Lipinski definition) is 0. The third kappa shape index (κ3) is 40.1. The second-order valence-electron chi connectivity index (χ2n) is 17.6. The summed E-state index contributed by atoms with van der Waals surface area (Å²) in [4.78, 5) is 24.9. The zero-order valence-electron chi connectivity index (χ0n) is 40.1. The second-order valence-corrected chi connectivity index (χ2v) is 17.6. The SMILES string of the molecule is CCCCCCCCCCCCCCCCCCCCOC(=O)OC[C@@H](COCc1ccc(OC)cc1)OC(=O)OCCCCCCCCCCCCCCCCCCCC. The van der Waals surface area contributed by atoms with Crippen molar-refractivity contribution in [2.45, 2.75) is 258 Å². The van der Waals surface area contributed by atoms with Gasteiger partial charge in [-0.15, -0.1) is 0 Å². The summed E-state index contributed by atoms with van der Waals surface area (Å²) in [5.74, 6) is 0.763. The first-order valence-electron chi connectivity index (χ1n) is 25.9. The Morgan fingerprint density at radius 2 is 0.738 bits per heavy atom. The Hall–Kier alpha value is -2.48. The normalized spacial score (nSPS) is 11.7. The standard InChI is InChI=1S/C53H96O8/c1-4-6-8-10-12-14-16-18-20-22-24-26-28-30-32-34-36-38-44-58-52(54)60-48-51(47-57-46-49-40-42-50(56-3)43-41-49)61-53(55)59-45-39-37-35-33-31-29-27-25-23-21-19-17-15-13-11-9-7-5-2/h40-43,51H,4-39,44-48H2,1-3H3/t51-/m1/s1. The molecule has 0 fully saturated rings. The average molecular weight is 861 g/mol. The van der Waals surface area contributed by atoms with Gasteiger partial charge in [0.05, 0.1) is 33.5 Å². The van der Waals surface area contributed by atoms with Crippen molar-refractivity contribution in [2.24, 2.45) is 0 Å². The van der Waals surface area contributed by atoms with Crippen LogP contribution in [0.1, 0.15) is 251 Å². The zero-order chi connectivity index (χ0) is 43.9. The molecule has 0 N–H and O–H groups in total. The van der Waals surface area contributed by atoms with Gasteiger partial charge in [-0.3, -0.25) is 0 Å². The van der Waals surface area contributed by atoms with Crippen LogP contribution in [0.3, 0.4) is 0 Å². The predicted octanol–water partition coefficient (Wildman–Crippen LogP) is 17.0. The van der Waals surface area contributed by atoms with Gasteiger partial charge >= 0.3 is 12.3 Å². The molecule has 1 aromatic carbocycles. The number of ether oxygens (including phenoxy) is 6. The fourth-order valence-electron chi connectivity index (χ4n) is 7.84. The minimum absolute atomic E-state index is 0.0485. The van der Waals surface area contributed by atoms with Crippen LogP contribution in [0.5, 0.6) is 5.75 Å². The minimum Gasteiger partial charge on any atom is -0.497 e. The van der Waals surface area contributed by atoms with Gasteiger partial charge in [-0.05, 0) is 30.5 Å². The second kappa shape index (κ2) is 45.5. The Bertz CT molecular complexity index is 1060. The summed E-state index contributed by atoms with van der Waals surface area (Å²) in [6, 6.07) is 7.56. The van der Waals surface area contributed by atoms with E-state index in [9.17, 15) is 9.59 Å². The van der Waals surface area contributed by atoms with Gasteiger partial charge in [0.2, 0.25) is 0 Å². The molecule has 0 bridgehead atoms. The third-order valence-electron chi connectivity index (χ3n) is 11.8. The molecule has 0 spiro atoms. The molecule has 0 saturated heterocycles. The number of hydrogen-bond acceptors (Lipinski definition) is 8. The lowest BCUT2D eigenvalue weighted by atomic mass is 10.0. The Morgan fingerprint density at radius 3 is 1.08 bits per heavy atom. The highest BCUT2D eigenvalue weighted by Gasteiger charge is 2.19. The van der Waals surface area contributed by atoms with Crippen molar-refractivity contribution >= 4 is 12.3 Å². The van der Waals surface area contributed by atoms with Crippen molar-refractivity contribution < 1.29 is 38.0 Å². The predicted molar refractivity (Wildman–Crippen MR) is 254 cm³/mol. The summed E-state index contributed by atoms with van der Waals surface area (Å²) in [5, 5.41) is 0. The van der Waals surface area contributed by atoms with Crippen LogP contribution in [0.25, 0.3) is 0 Å². The van der Waals surface area contributed by atoms with Gasteiger partial charge < -0.3 is 28.4 Å². The fourth-order valence-corrected chi connectivity index (χ4v) is 7.84. The monoisotopic (exact) mass is 861 g/mol. The molecule has 0 aliphatic carbocycles. The van der Waals surface area contributed by atoms with Crippen LogP contribution in [0.15, 0.2) is 24.3 Å². The number of methoxy groups -OCH3 is 1. The Morgan fingerprint density at radius 1 is 0.410 bits per heavy atom. The smallest absolute Gasteiger partial charge is 0.497 e. The largest absolute Gasteiger partial charge is 0.508 e. The van der Waals surface area contributed by atoms with Crippen molar-refractivity contribution in [3.63, 3.8) is 0 Å². The van der Waals surface area contributed by atoms with Gasteiger partial charge in [-0.2, -0.15) is 0 Å². The Kier molecular flexibility index (Phi) is 42.2. The van der Waals surface area contributed by atoms with Gasteiger partial charge in [-0.25, -0.2) is 9.59 Å². The van der Waals surface area contributed by atoms with E-state index in [1.165, 1.54) is 193 Å². The van der Waals surface area contributed by atoms with Crippen LogP contribution in [0.4, 0.5) is 9.59 Å². The molecule has 1 atom stereocenters. The number of carbonyl (C=O) groups excluding carboxylic acids is 2. The van der Waals surface area contributed by atoms with E-state index in [-0.39, 0.29) is 13.2 Å². The molecule has 8 heteroatoms. The summed E-state index contributed by atoms with van der Waals surface area (Å²) in [6.07, 6.45) is 44.7. The third-order valence-corrected chi connectivity index (χ3v) is 11.8. The first kappa shape index (κ1) is 56.5. The first-order chi connectivity index (χ1) is 30.1. The lowest BCUT2D eigenvalue weighted by molar-refractivity contribution is -0.0514. The number of unbranched alkanes of at least 4 members (excludes halogenated alkanes) is 34. The molecule has 8 nitrogen and oxygen atoms in total. The molecule has 0 saturated carbocycles. The van der Waals surface area contributed by atoms with Gasteiger partial charge in [-0.1, -0.05) is 244 Å². The Labute approximate surface area is 376 Å². The maximum absolute atomic E-state index is 12.6. The lowest BCUT2D eigenvalue weighted by Gasteiger charge is -2.18. The maximum atomic E-state index is 12.6. The van der Waals surface area contributed by atoms with Crippen molar-refractivity contribution in [1.29, 1.82) is 0 Å². The maximum Gasteiger partial charge on any atom is 0.508 e. The summed E-state index contributed by atoms with van der Waals surface area (Å²) in [5.41, 5.74) is 0.945. The van der Waals surface area contributed by atoms with Crippen LogP contribution in [0, 0.1) is 0 Å². The van der Waals surface area contributed by atoms with Gasteiger partial charge in [0, 0.05) is 0 Å². The molecule has 0 amide bonds. The molecule has 0 aliphatic heterocycles. The van der Waals surface area contributed by atoms with E-state index in [0.717, 1.165) is 49.8 Å². The van der Waals surface area contributed by atoms with Crippen LogP contribution in [-0.4, -0.2) is 52.0 Å². The Balaban J connectivity index is 2.13. The van der Waals surface area contributed by atoms with E-state index >= 15 is 0 Å². The first-order valence-corrected chi connectivity index (χ1v) is 25.9. The van der Waals surface area contributed by atoms with Gasteiger partial charge in [0.25, 0.3) is 0 Å². The minimum atomic E-state index is -0.816. The van der Waals surface area contributed by atoms with E-state index in [4.69, 9.17) is 28.4 Å². The highest BCUT2D eigenvalue weighted by molar-refractivity contribution is 5.61. The molecule has 1 rings (SSSR count). The molecular formula is C53H96O8. The number of rotatable bonds is 46. The van der Waals surface area contributed by atoms with E-state index in [1.807, 2.05) is 24.3 Å². The summed E-state index contributed by atoms with van der Waals surface area (Å²) in [6.45, 7) is 5.37. The highest BCUT2D eigenvalue weighted by atomic mass is 16.8. The molecule has 0 unspecified atom stereocenters. The summed E-state index contributed by atoms with van der Waals surface area (Å²) < 4.78 is 32.6. The molecule has 0 aromatic heterocycles. The molecule has 356 valence electrons. The van der Waals surface area contributed by atoms with E-state index in [1.54, 1.807) is 7.11 Å². The quantitative estimate of drug-likeness (QED) is 0.0473. The van der Waals surface area contributed by atoms with Crippen molar-refractivity contribution in [2.75, 3.05) is 33.5 Å².